The fraction of sp³-hybridized carbons (Fsp3) is 0.300. The Bertz CT molecular complexity index is 1180. The molecular formula is C30H35NO. The molecule has 0 aliphatic carbocycles. The van der Waals surface area contributed by atoms with Crippen molar-refractivity contribution in [1.82, 2.24) is 4.57 Å². The summed E-state index contributed by atoms with van der Waals surface area (Å²) < 4.78 is 2.33. The highest BCUT2D eigenvalue weighted by Gasteiger charge is 2.09. The van der Waals surface area contributed by atoms with Crippen LogP contribution in [0.3, 0.4) is 0 Å². The van der Waals surface area contributed by atoms with Crippen LogP contribution in [0, 0.1) is 27.7 Å². The second-order valence-corrected chi connectivity index (χ2v) is 8.80. The van der Waals surface area contributed by atoms with E-state index in [0.717, 1.165) is 19.4 Å². The van der Waals surface area contributed by atoms with Crippen molar-refractivity contribution in [3.8, 4) is 0 Å². The van der Waals surface area contributed by atoms with E-state index < -0.39 is 0 Å². The zero-order chi connectivity index (χ0) is 23.1. The van der Waals surface area contributed by atoms with Gasteiger partial charge in [-0.05, 0) is 86.9 Å². The topological polar surface area (TPSA) is 22.0 Å². The molecule has 2 nitrogen and oxygen atoms in total. The third-order valence-electron chi connectivity index (χ3n) is 6.32. The number of Topliss-reactive ketones (excluding diaryl/α,β-unsaturated/α-hetero) is 1. The van der Waals surface area contributed by atoms with Crippen molar-refractivity contribution in [2.75, 3.05) is 0 Å². The van der Waals surface area contributed by atoms with Crippen molar-refractivity contribution in [3.05, 3.63) is 106 Å². The molecule has 0 amide bonds. The number of carbonyl (C=O) groups is 1. The predicted octanol–water partition coefficient (Wildman–Crippen LogP) is 7.52. The van der Waals surface area contributed by atoms with E-state index in [1.807, 2.05) is 0 Å². The standard InChI is InChI=1S/C21H23NO.C9H12/c1-16-8-3-4-10-18(16)14-22-15-19(11-7-9-17(2)23)20-12-5-6-13-21(20)22;1-7-5-4-6-8(2)9(7)3/h3-6,8,10,12-13,15H,7,9,11,14H2,1-2H3;4-6H,1-3H3. The van der Waals surface area contributed by atoms with Gasteiger partial charge in [0.1, 0.15) is 5.78 Å². The Hall–Kier alpha value is -3.13. The quantitative estimate of drug-likeness (QED) is 0.313. The molecule has 0 aliphatic heterocycles. The van der Waals surface area contributed by atoms with Gasteiger partial charge in [0.15, 0.2) is 0 Å². The second kappa shape index (κ2) is 10.9. The lowest BCUT2D eigenvalue weighted by atomic mass is 10.1. The average molecular weight is 426 g/mol. The summed E-state index contributed by atoms with van der Waals surface area (Å²) in [5.41, 5.74) is 9.47. The van der Waals surface area contributed by atoms with Gasteiger partial charge in [-0.1, -0.05) is 60.7 Å². The Morgan fingerprint density at radius 2 is 1.38 bits per heavy atom. The van der Waals surface area contributed by atoms with Gasteiger partial charge in [-0.15, -0.1) is 0 Å². The Morgan fingerprint density at radius 1 is 0.750 bits per heavy atom. The lowest BCUT2D eigenvalue weighted by Gasteiger charge is -2.08. The van der Waals surface area contributed by atoms with Crippen molar-refractivity contribution in [1.29, 1.82) is 0 Å². The van der Waals surface area contributed by atoms with E-state index in [9.17, 15) is 4.79 Å². The van der Waals surface area contributed by atoms with E-state index >= 15 is 0 Å². The first kappa shape index (κ1) is 23.5. The van der Waals surface area contributed by atoms with Gasteiger partial charge < -0.3 is 9.36 Å². The van der Waals surface area contributed by atoms with Gasteiger partial charge in [0.2, 0.25) is 0 Å². The summed E-state index contributed by atoms with van der Waals surface area (Å²) in [6.07, 6.45) is 4.81. The van der Waals surface area contributed by atoms with E-state index in [2.05, 4.69) is 105 Å². The maximum Gasteiger partial charge on any atom is 0.129 e. The molecule has 1 aromatic heterocycles. The Kier molecular flexibility index (Phi) is 8.05. The summed E-state index contributed by atoms with van der Waals surface area (Å²) in [5.74, 6) is 0.272. The van der Waals surface area contributed by atoms with Crippen molar-refractivity contribution >= 4 is 16.7 Å². The molecule has 0 saturated carbocycles. The number of aryl methyl sites for hydroxylation is 4. The van der Waals surface area contributed by atoms with E-state index in [4.69, 9.17) is 0 Å². The van der Waals surface area contributed by atoms with Crippen LogP contribution in [0.5, 0.6) is 0 Å². The minimum atomic E-state index is 0.272. The fourth-order valence-electron chi connectivity index (χ4n) is 4.05. The van der Waals surface area contributed by atoms with Crippen molar-refractivity contribution < 1.29 is 4.79 Å². The first-order chi connectivity index (χ1) is 15.4. The van der Waals surface area contributed by atoms with Gasteiger partial charge in [0.05, 0.1) is 0 Å². The van der Waals surface area contributed by atoms with E-state index in [-0.39, 0.29) is 5.78 Å². The first-order valence-electron chi connectivity index (χ1n) is 11.5. The van der Waals surface area contributed by atoms with Crippen LogP contribution >= 0.6 is 0 Å². The number of benzene rings is 3. The maximum atomic E-state index is 11.2. The molecule has 2 heteroatoms. The molecular weight excluding hydrogens is 390 g/mol. The lowest BCUT2D eigenvalue weighted by molar-refractivity contribution is -0.117. The number of ketones is 1. The molecule has 4 aromatic rings. The van der Waals surface area contributed by atoms with Crippen molar-refractivity contribution in [2.24, 2.45) is 0 Å². The highest BCUT2D eigenvalue weighted by molar-refractivity contribution is 5.84. The van der Waals surface area contributed by atoms with E-state index in [1.165, 1.54) is 44.3 Å². The van der Waals surface area contributed by atoms with Crippen LogP contribution in [-0.2, 0) is 17.8 Å². The van der Waals surface area contributed by atoms with Gasteiger partial charge >= 0.3 is 0 Å². The smallest absolute Gasteiger partial charge is 0.129 e. The summed E-state index contributed by atoms with van der Waals surface area (Å²) in [7, 11) is 0. The van der Waals surface area contributed by atoms with Gasteiger partial charge in [0.25, 0.3) is 0 Å². The molecule has 0 N–H and O–H groups in total. The molecule has 0 aliphatic rings. The number of rotatable bonds is 6. The second-order valence-electron chi connectivity index (χ2n) is 8.80. The summed E-state index contributed by atoms with van der Waals surface area (Å²) >= 11 is 0. The number of fused-ring (bicyclic) bond motifs is 1. The zero-order valence-electron chi connectivity index (χ0n) is 20.1. The highest BCUT2D eigenvalue weighted by Crippen LogP contribution is 2.24. The number of hydrogen-bond donors (Lipinski definition) is 0. The molecule has 0 spiro atoms. The van der Waals surface area contributed by atoms with E-state index in [0.29, 0.717) is 6.42 Å². The molecule has 0 saturated heterocycles. The van der Waals surface area contributed by atoms with Crippen molar-refractivity contribution in [3.63, 3.8) is 0 Å². The molecule has 0 radical (unpaired) electrons. The highest BCUT2D eigenvalue weighted by atomic mass is 16.1. The van der Waals surface area contributed by atoms with Crippen LogP contribution in [0.2, 0.25) is 0 Å². The Labute approximate surface area is 192 Å². The van der Waals surface area contributed by atoms with E-state index in [1.54, 1.807) is 6.92 Å². The minimum absolute atomic E-state index is 0.272. The molecule has 1 heterocycles. The van der Waals surface area contributed by atoms with Crippen LogP contribution in [0.1, 0.15) is 53.1 Å². The Morgan fingerprint density at radius 3 is 2.03 bits per heavy atom. The maximum absolute atomic E-state index is 11.2. The molecule has 166 valence electrons. The summed E-state index contributed by atoms with van der Waals surface area (Å²) in [6.45, 7) is 11.2. The Balaban J connectivity index is 0.000000269. The van der Waals surface area contributed by atoms with Gasteiger partial charge in [-0.2, -0.15) is 0 Å². The molecule has 0 unspecified atom stereocenters. The first-order valence-corrected chi connectivity index (χ1v) is 11.5. The van der Waals surface area contributed by atoms with Crippen LogP contribution < -0.4 is 0 Å². The van der Waals surface area contributed by atoms with Crippen LogP contribution in [0.4, 0.5) is 0 Å². The average Bonchev–Trinajstić information content (AvgIpc) is 3.11. The normalized spacial score (nSPS) is 10.7. The predicted molar refractivity (Wildman–Crippen MR) is 136 cm³/mol. The number of nitrogens with zero attached hydrogens (tertiary/aromatic N) is 1. The van der Waals surface area contributed by atoms with Crippen LogP contribution in [-0.4, -0.2) is 10.4 Å². The van der Waals surface area contributed by atoms with Crippen LogP contribution in [0.15, 0.2) is 72.9 Å². The molecule has 0 bridgehead atoms. The number of hydrogen-bond acceptors (Lipinski definition) is 1. The van der Waals surface area contributed by atoms with Gasteiger partial charge in [-0.3, -0.25) is 0 Å². The molecule has 4 rings (SSSR count). The minimum Gasteiger partial charge on any atom is -0.343 e. The lowest BCUT2D eigenvalue weighted by Crippen LogP contribution is -1.99. The summed E-state index contributed by atoms with van der Waals surface area (Å²) in [5, 5.41) is 1.31. The largest absolute Gasteiger partial charge is 0.343 e. The fourth-order valence-corrected chi connectivity index (χ4v) is 4.05. The molecule has 3 aromatic carbocycles. The summed E-state index contributed by atoms with van der Waals surface area (Å²) in [4.78, 5) is 11.2. The van der Waals surface area contributed by atoms with Gasteiger partial charge in [-0.25, -0.2) is 0 Å². The molecule has 0 atom stereocenters. The summed E-state index contributed by atoms with van der Waals surface area (Å²) in [6, 6.07) is 23.5. The number of para-hydroxylation sites is 1. The van der Waals surface area contributed by atoms with Gasteiger partial charge in [0, 0.05) is 30.1 Å². The van der Waals surface area contributed by atoms with Crippen molar-refractivity contribution in [2.45, 2.75) is 60.4 Å². The third kappa shape index (κ3) is 5.97. The number of carbonyl (C=O) groups excluding carboxylic acids is 1. The third-order valence-corrected chi connectivity index (χ3v) is 6.32. The monoisotopic (exact) mass is 425 g/mol. The zero-order valence-corrected chi connectivity index (χ0v) is 20.1. The molecule has 32 heavy (non-hydrogen) atoms. The SMILES string of the molecule is CC(=O)CCCc1cn(Cc2ccccc2C)c2ccccc12.Cc1cccc(C)c1C. The molecule has 0 fully saturated rings. The van der Waals surface area contributed by atoms with Crippen LogP contribution in [0.25, 0.3) is 10.9 Å². The number of aromatic nitrogens is 1.